The van der Waals surface area contributed by atoms with Crippen molar-refractivity contribution in [1.82, 2.24) is 4.31 Å². The third kappa shape index (κ3) is 1.30. The van der Waals surface area contributed by atoms with Crippen molar-refractivity contribution in [1.29, 1.82) is 0 Å². The van der Waals surface area contributed by atoms with Crippen LogP contribution in [0.15, 0.2) is 23.1 Å². The van der Waals surface area contributed by atoms with Gasteiger partial charge in [-0.3, -0.25) is 0 Å². The van der Waals surface area contributed by atoms with E-state index in [1.165, 1.54) is 4.31 Å². The Balaban J connectivity index is 2.75. The first-order valence-corrected chi connectivity index (χ1v) is 6.86. The summed E-state index contributed by atoms with van der Waals surface area (Å²) in [6, 6.07) is 5.46. The summed E-state index contributed by atoms with van der Waals surface area (Å²) in [5.74, 6) is 0. The van der Waals surface area contributed by atoms with Crippen LogP contribution in [0.25, 0.3) is 0 Å². The van der Waals surface area contributed by atoms with Gasteiger partial charge in [-0.2, -0.15) is 4.31 Å². The number of fused-ring (bicyclic) bond motifs is 1. The SMILES string of the molecule is Cc1ccc2c(c1)C(I)N(C)S2(=O)=O. The highest BCUT2D eigenvalue weighted by Gasteiger charge is 2.38. The average Bonchev–Trinajstić information content (AvgIpc) is 2.28. The first kappa shape index (κ1) is 10.4. The summed E-state index contributed by atoms with van der Waals surface area (Å²) in [6.45, 7) is 1.97. The molecule has 0 N–H and O–H groups in total. The van der Waals surface area contributed by atoms with Crippen molar-refractivity contribution in [2.45, 2.75) is 15.9 Å². The quantitative estimate of drug-likeness (QED) is 0.416. The van der Waals surface area contributed by atoms with E-state index in [4.69, 9.17) is 0 Å². The molecule has 1 aromatic carbocycles. The van der Waals surface area contributed by atoms with Crippen molar-refractivity contribution in [3.63, 3.8) is 0 Å². The lowest BCUT2D eigenvalue weighted by Gasteiger charge is -2.11. The Hall–Kier alpha value is -0.140. The predicted molar refractivity (Wildman–Crippen MR) is 62.9 cm³/mol. The molecule has 1 heterocycles. The van der Waals surface area contributed by atoms with Crippen LogP contribution in [-0.4, -0.2) is 19.8 Å². The lowest BCUT2D eigenvalue weighted by molar-refractivity contribution is 0.491. The van der Waals surface area contributed by atoms with Gasteiger partial charge in [0.05, 0.1) is 4.90 Å². The molecule has 0 spiro atoms. The maximum atomic E-state index is 11.8. The highest BCUT2D eigenvalue weighted by atomic mass is 127. The summed E-state index contributed by atoms with van der Waals surface area (Å²) in [6.07, 6.45) is 0. The van der Waals surface area contributed by atoms with Gasteiger partial charge in [0.1, 0.15) is 4.05 Å². The fourth-order valence-corrected chi connectivity index (χ4v) is 4.56. The van der Waals surface area contributed by atoms with E-state index in [0.29, 0.717) is 4.90 Å². The van der Waals surface area contributed by atoms with Gasteiger partial charge in [-0.15, -0.1) is 0 Å². The van der Waals surface area contributed by atoms with Crippen LogP contribution >= 0.6 is 22.6 Å². The second kappa shape index (κ2) is 3.18. The highest BCUT2D eigenvalue weighted by molar-refractivity contribution is 14.1. The first-order chi connectivity index (χ1) is 6.44. The summed E-state index contributed by atoms with van der Waals surface area (Å²) in [5, 5.41) is 0. The van der Waals surface area contributed by atoms with Gasteiger partial charge in [-0.05, 0) is 13.0 Å². The minimum Gasteiger partial charge on any atom is -0.207 e. The number of hydrogen-bond acceptors (Lipinski definition) is 2. The summed E-state index contributed by atoms with van der Waals surface area (Å²) in [5.41, 5.74) is 1.99. The number of hydrogen-bond donors (Lipinski definition) is 0. The normalized spacial score (nSPS) is 24.9. The van der Waals surface area contributed by atoms with Crippen LogP contribution < -0.4 is 0 Å². The van der Waals surface area contributed by atoms with Crippen LogP contribution in [-0.2, 0) is 10.0 Å². The number of alkyl halides is 1. The molecule has 1 unspecified atom stereocenters. The highest BCUT2D eigenvalue weighted by Crippen LogP contribution is 2.42. The molecule has 14 heavy (non-hydrogen) atoms. The van der Waals surface area contributed by atoms with E-state index in [0.717, 1.165) is 11.1 Å². The van der Waals surface area contributed by atoms with Crippen LogP contribution in [0.4, 0.5) is 0 Å². The van der Waals surface area contributed by atoms with E-state index in [1.54, 1.807) is 13.1 Å². The largest absolute Gasteiger partial charge is 0.244 e. The molecule has 0 aromatic heterocycles. The van der Waals surface area contributed by atoms with Crippen molar-refractivity contribution in [2.75, 3.05) is 7.05 Å². The predicted octanol–water partition coefficient (Wildman–Crippen LogP) is 2.06. The number of halogens is 1. The van der Waals surface area contributed by atoms with E-state index in [2.05, 4.69) is 22.6 Å². The summed E-state index contributed by atoms with van der Waals surface area (Å²) in [7, 11) is -1.61. The molecule has 3 nitrogen and oxygen atoms in total. The smallest absolute Gasteiger partial charge is 0.207 e. The fraction of sp³-hybridized carbons (Fsp3) is 0.333. The lowest BCUT2D eigenvalue weighted by Crippen LogP contribution is -2.20. The molecular formula is C9H10INO2S. The van der Waals surface area contributed by atoms with Crippen LogP contribution in [0.5, 0.6) is 0 Å². The van der Waals surface area contributed by atoms with Gasteiger partial charge in [0.25, 0.3) is 0 Å². The first-order valence-electron chi connectivity index (χ1n) is 4.17. The van der Waals surface area contributed by atoms with E-state index < -0.39 is 10.0 Å². The number of aryl methyl sites for hydroxylation is 1. The Morgan fingerprint density at radius 2 is 2.07 bits per heavy atom. The van der Waals surface area contributed by atoms with Crippen molar-refractivity contribution in [3.8, 4) is 0 Å². The van der Waals surface area contributed by atoms with Crippen LogP contribution in [0.3, 0.4) is 0 Å². The topological polar surface area (TPSA) is 37.4 Å². The zero-order chi connectivity index (χ0) is 10.5. The van der Waals surface area contributed by atoms with Gasteiger partial charge in [0.15, 0.2) is 0 Å². The molecule has 0 amide bonds. The van der Waals surface area contributed by atoms with Crippen LogP contribution in [0.1, 0.15) is 15.2 Å². The van der Waals surface area contributed by atoms with E-state index >= 15 is 0 Å². The second-order valence-corrected chi connectivity index (χ2v) is 6.54. The summed E-state index contributed by atoms with van der Waals surface area (Å²) < 4.78 is 25.0. The Morgan fingerprint density at radius 1 is 1.43 bits per heavy atom. The van der Waals surface area contributed by atoms with Gasteiger partial charge in [-0.25, -0.2) is 8.42 Å². The van der Waals surface area contributed by atoms with Gasteiger partial charge in [0, 0.05) is 12.6 Å². The molecule has 1 aliphatic rings. The van der Waals surface area contributed by atoms with E-state index in [-0.39, 0.29) is 4.05 Å². The van der Waals surface area contributed by atoms with Crippen molar-refractivity contribution < 1.29 is 8.42 Å². The van der Waals surface area contributed by atoms with E-state index in [1.807, 2.05) is 19.1 Å². The number of rotatable bonds is 0. The number of sulfonamides is 1. The third-order valence-electron chi connectivity index (χ3n) is 2.40. The molecular weight excluding hydrogens is 313 g/mol. The number of nitrogens with zero attached hydrogens (tertiary/aromatic N) is 1. The van der Waals surface area contributed by atoms with E-state index in [9.17, 15) is 8.42 Å². The molecule has 0 bridgehead atoms. The minimum absolute atomic E-state index is 0.0764. The van der Waals surface area contributed by atoms with Crippen molar-refractivity contribution in [3.05, 3.63) is 29.3 Å². The molecule has 0 aliphatic carbocycles. The van der Waals surface area contributed by atoms with Crippen LogP contribution in [0, 0.1) is 6.92 Å². The Bertz CT molecular complexity index is 484. The number of benzene rings is 1. The minimum atomic E-state index is -3.22. The molecule has 76 valence electrons. The molecule has 1 aliphatic heterocycles. The molecule has 0 saturated heterocycles. The lowest BCUT2D eigenvalue weighted by atomic mass is 10.1. The molecule has 0 saturated carbocycles. The van der Waals surface area contributed by atoms with Gasteiger partial charge in [-0.1, -0.05) is 40.3 Å². The standard InChI is InChI=1S/C9H10INO2S/c1-6-3-4-8-7(5-6)9(10)11(2)14(8,12)13/h3-5,9H,1-2H3. The fourth-order valence-electron chi connectivity index (χ4n) is 1.56. The Kier molecular flexibility index (Phi) is 2.36. The zero-order valence-electron chi connectivity index (χ0n) is 7.86. The molecule has 1 atom stereocenters. The van der Waals surface area contributed by atoms with Crippen molar-refractivity contribution in [2.24, 2.45) is 0 Å². The summed E-state index contributed by atoms with van der Waals surface area (Å²) >= 11 is 2.14. The molecule has 2 rings (SSSR count). The monoisotopic (exact) mass is 323 g/mol. The van der Waals surface area contributed by atoms with Gasteiger partial charge in [0.2, 0.25) is 10.0 Å². The maximum absolute atomic E-state index is 11.8. The second-order valence-electron chi connectivity index (χ2n) is 3.40. The molecule has 0 fully saturated rings. The molecule has 1 aromatic rings. The average molecular weight is 323 g/mol. The van der Waals surface area contributed by atoms with Crippen molar-refractivity contribution >= 4 is 32.6 Å². The Morgan fingerprint density at radius 3 is 2.71 bits per heavy atom. The molecule has 5 heteroatoms. The summed E-state index contributed by atoms with van der Waals surface area (Å²) in [4.78, 5) is 0.449. The van der Waals surface area contributed by atoms with Crippen LogP contribution in [0.2, 0.25) is 0 Å². The molecule has 0 radical (unpaired) electrons. The van der Waals surface area contributed by atoms with Gasteiger partial charge < -0.3 is 0 Å². The zero-order valence-corrected chi connectivity index (χ0v) is 10.8. The Labute approximate surface area is 97.3 Å². The third-order valence-corrected chi connectivity index (χ3v) is 6.18. The van der Waals surface area contributed by atoms with Gasteiger partial charge >= 0.3 is 0 Å². The maximum Gasteiger partial charge on any atom is 0.244 e.